The van der Waals surface area contributed by atoms with Crippen LogP contribution in [0.1, 0.15) is 58.5 Å². The number of likely N-dealkylation sites (tertiary alicyclic amines) is 1. The van der Waals surface area contributed by atoms with E-state index in [1.807, 2.05) is 6.92 Å². The van der Waals surface area contributed by atoms with Gasteiger partial charge in [0.25, 0.3) is 11.5 Å². The van der Waals surface area contributed by atoms with Gasteiger partial charge in [0.15, 0.2) is 5.69 Å². The van der Waals surface area contributed by atoms with Gasteiger partial charge in [0.2, 0.25) is 0 Å². The molecule has 0 atom stereocenters. The van der Waals surface area contributed by atoms with E-state index < -0.39 is 5.97 Å². The van der Waals surface area contributed by atoms with E-state index in [4.69, 9.17) is 14.0 Å². The smallest absolute Gasteiger partial charge is 0.343 e. The summed E-state index contributed by atoms with van der Waals surface area (Å²) in [5.41, 5.74) is 0.756. The molecule has 0 unspecified atom stereocenters. The predicted octanol–water partition coefficient (Wildman–Crippen LogP) is 1.75. The molecule has 1 amide bonds. The van der Waals surface area contributed by atoms with Crippen molar-refractivity contribution in [2.45, 2.75) is 45.6 Å². The molecule has 10 heteroatoms. The first-order valence-corrected chi connectivity index (χ1v) is 12.0. The molecule has 2 aromatic heterocycles. The average Bonchev–Trinajstić information content (AvgIpc) is 3.23. The molecule has 184 valence electrons. The third-order valence-corrected chi connectivity index (χ3v) is 6.51. The van der Waals surface area contributed by atoms with Gasteiger partial charge >= 0.3 is 5.97 Å². The van der Waals surface area contributed by atoms with Gasteiger partial charge in [0, 0.05) is 56.8 Å². The number of nitrogens with zero attached hydrogens (tertiary/aromatic N) is 4. The van der Waals surface area contributed by atoms with Crippen LogP contribution in [-0.2, 0) is 24.1 Å². The maximum Gasteiger partial charge on any atom is 0.343 e. The van der Waals surface area contributed by atoms with Crippen LogP contribution in [0.15, 0.2) is 21.5 Å². The molecular weight excluding hydrogens is 440 g/mol. The van der Waals surface area contributed by atoms with Gasteiger partial charge < -0.3 is 23.5 Å². The Morgan fingerprint density at radius 3 is 2.59 bits per heavy atom. The molecule has 2 aromatic rings. The van der Waals surface area contributed by atoms with E-state index in [2.05, 4.69) is 10.1 Å². The Balaban J connectivity index is 1.54. The van der Waals surface area contributed by atoms with Crippen LogP contribution in [0.5, 0.6) is 5.75 Å². The zero-order valence-corrected chi connectivity index (χ0v) is 19.9. The van der Waals surface area contributed by atoms with Crippen LogP contribution in [0, 0.1) is 0 Å². The molecule has 1 saturated heterocycles. The Morgan fingerprint density at radius 2 is 1.88 bits per heavy atom. The highest BCUT2D eigenvalue weighted by atomic mass is 16.5. The van der Waals surface area contributed by atoms with Crippen LogP contribution in [0.3, 0.4) is 0 Å². The highest BCUT2D eigenvalue weighted by Crippen LogP contribution is 2.24. The molecule has 34 heavy (non-hydrogen) atoms. The summed E-state index contributed by atoms with van der Waals surface area (Å²) >= 11 is 0. The molecule has 0 radical (unpaired) electrons. The van der Waals surface area contributed by atoms with Crippen molar-refractivity contribution in [3.63, 3.8) is 0 Å². The molecule has 0 aromatic carbocycles. The first-order chi connectivity index (χ1) is 16.5. The maximum atomic E-state index is 12.9. The van der Waals surface area contributed by atoms with Gasteiger partial charge in [0.05, 0.1) is 7.11 Å². The van der Waals surface area contributed by atoms with Crippen LogP contribution in [-0.4, -0.2) is 77.8 Å². The number of esters is 1. The fourth-order valence-electron chi connectivity index (χ4n) is 4.60. The first-order valence-electron chi connectivity index (χ1n) is 12.0. The van der Waals surface area contributed by atoms with Gasteiger partial charge in [-0.05, 0) is 25.9 Å². The number of hydrogen-bond donors (Lipinski definition) is 0. The average molecular weight is 473 g/mol. The van der Waals surface area contributed by atoms with Crippen molar-refractivity contribution < 1.29 is 23.6 Å². The minimum Gasteiger partial charge on any atom is -0.491 e. The van der Waals surface area contributed by atoms with Crippen LogP contribution in [0.4, 0.5) is 0 Å². The summed E-state index contributed by atoms with van der Waals surface area (Å²) in [7, 11) is 1.31. The Bertz CT molecular complexity index is 1090. The minimum atomic E-state index is -0.555. The summed E-state index contributed by atoms with van der Waals surface area (Å²) in [6, 6.07) is 3.00. The Kier molecular flexibility index (Phi) is 7.66. The van der Waals surface area contributed by atoms with Gasteiger partial charge in [-0.2, -0.15) is 0 Å². The second kappa shape index (κ2) is 10.9. The number of piperidine rings is 1. The number of fused-ring (bicyclic) bond motifs is 1. The fraction of sp³-hybridized carbons (Fsp3) is 0.583. The highest BCUT2D eigenvalue weighted by Gasteiger charge is 2.28. The van der Waals surface area contributed by atoms with Gasteiger partial charge in [-0.3, -0.25) is 14.5 Å². The molecule has 1 fully saturated rings. The third-order valence-electron chi connectivity index (χ3n) is 6.51. The van der Waals surface area contributed by atoms with E-state index in [0.29, 0.717) is 44.0 Å². The van der Waals surface area contributed by atoms with Gasteiger partial charge in [-0.15, -0.1) is 0 Å². The quantitative estimate of drug-likeness (QED) is 0.561. The monoisotopic (exact) mass is 472 g/mol. The molecule has 4 rings (SSSR count). The van der Waals surface area contributed by atoms with Crippen LogP contribution in [0.25, 0.3) is 0 Å². The number of aryl methyl sites for hydroxylation is 1. The Hall–Kier alpha value is -3.14. The molecular formula is C24H32N4O6. The first kappa shape index (κ1) is 24.0. The van der Waals surface area contributed by atoms with Crippen molar-refractivity contribution >= 4 is 11.9 Å². The standard InChI is InChI=1S/C24H32N4O6/c1-3-17-15-18(25-34-17)23(30)27-10-7-19-22(24(31)32-2)20(16-21(29)28(19)12-11-27)33-14-13-26-8-5-4-6-9-26/h15-16H,3-14H2,1-2H3. The van der Waals surface area contributed by atoms with Crippen molar-refractivity contribution in [3.8, 4) is 5.75 Å². The zero-order chi connectivity index (χ0) is 24.1. The van der Waals surface area contributed by atoms with E-state index in [0.717, 1.165) is 19.6 Å². The lowest BCUT2D eigenvalue weighted by atomic mass is 10.1. The maximum absolute atomic E-state index is 12.9. The topological polar surface area (TPSA) is 107 Å². The number of carbonyl (C=O) groups excluding carboxylic acids is 2. The molecule has 0 aliphatic carbocycles. The largest absolute Gasteiger partial charge is 0.491 e. The molecule has 4 heterocycles. The normalized spacial score (nSPS) is 16.6. The Labute approximate surface area is 198 Å². The predicted molar refractivity (Wildman–Crippen MR) is 123 cm³/mol. The SMILES string of the molecule is CCc1cc(C(=O)N2CCc3c(C(=O)OC)c(OCCN4CCCCC4)cc(=O)n3CC2)no1. The summed E-state index contributed by atoms with van der Waals surface area (Å²) in [5.74, 6) is 0.0588. The second-order valence-electron chi connectivity index (χ2n) is 8.64. The van der Waals surface area contributed by atoms with Gasteiger partial charge in [-0.25, -0.2) is 4.79 Å². The number of amides is 1. The molecule has 0 spiro atoms. The lowest BCUT2D eigenvalue weighted by Gasteiger charge is -2.26. The number of methoxy groups -OCH3 is 1. The van der Waals surface area contributed by atoms with Crippen molar-refractivity contribution in [2.75, 3.05) is 46.4 Å². The van der Waals surface area contributed by atoms with Crippen molar-refractivity contribution in [3.05, 3.63) is 45.2 Å². The fourth-order valence-corrected chi connectivity index (χ4v) is 4.60. The number of hydrogen-bond acceptors (Lipinski definition) is 8. The number of aromatic nitrogens is 2. The zero-order valence-electron chi connectivity index (χ0n) is 19.9. The van der Waals surface area contributed by atoms with E-state index in [-0.39, 0.29) is 35.0 Å². The van der Waals surface area contributed by atoms with Crippen molar-refractivity contribution in [2.24, 2.45) is 0 Å². The van der Waals surface area contributed by atoms with Gasteiger partial charge in [0.1, 0.15) is 23.7 Å². The van der Waals surface area contributed by atoms with E-state index >= 15 is 0 Å². The summed E-state index contributed by atoms with van der Waals surface area (Å²) < 4.78 is 17.7. The van der Waals surface area contributed by atoms with E-state index in [9.17, 15) is 14.4 Å². The van der Waals surface area contributed by atoms with Crippen LogP contribution in [0.2, 0.25) is 0 Å². The van der Waals surface area contributed by atoms with Gasteiger partial charge in [-0.1, -0.05) is 18.5 Å². The summed E-state index contributed by atoms with van der Waals surface area (Å²) in [4.78, 5) is 42.6. The number of pyridine rings is 1. The van der Waals surface area contributed by atoms with E-state index in [1.165, 1.54) is 37.0 Å². The number of ether oxygens (including phenoxy) is 2. The molecule has 0 bridgehead atoms. The summed E-state index contributed by atoms with van der Waals surface area (Å²) in [5, 5.41) is 3.87. The third kappa shape index (κ3) is 5.16. The second-order valence-corrected chi connectivity index (χ2v) is 8.64. The minimum absolute atomic E-state index is 0.240. The molecule has 0 saturated carbocycles. The Morgan fingerprint density at radius 1 is 1.09 bits per heavy atom. The molecule has 0 N–H and O–H groups in total. The molecule has 2 aliphatic heterocycles. The van der Waals surface area contributed by atoms with Crippen molar-refractivity contribution in [1.29, 1.82) is 0 Å². The lowest BCUT2D eigenvalue weighted by Crippen LogP contribution is -2.34. The number of rotatable bonds is 7. The van der Waals surface area contributed by atoms with Crippen LogP contribution >= 0.6 is 0 Å². The number of carbonyl (C=O) groups is 2. The highest BCUT2D eigenvalue weighted by molar-refractivity contribution is 5.94. The summed E-state index contributed by atoms with van der Waals surface area (Å²) in [6.07, 6.45) is 4.56. The van der Waals surface area contributed by atoms with Crippen molar-refractivity contribution in [1.82, 2.24) is 19.5 Å². The summed E-state index contributed by atoms with van der Waals surface area (Å²) in [6.45, 7) is 6.01. The lowest BCUT2D eigenvalue weighted by molar-refractivity contribution is 0.0592. The van der Waals surface area contributed by atoms with Crippen LogP contribution < -0.4 is 10.3 Å². The molecule has 2 aliphatic rings. The molecule has 10 nitrogen and oxygen atoms in total. The van der Waals surface area contributed by atoms with E-state index in [1.54, 1.807) is 11.0 Å².